The maximum Gasteiger partial charge on any atom is 0.240 e. The third-order valence-electron chi connectivity index (χ3n) is 2.78. The summed E-state index contributed by atoms with van der Waals surface area (Å²) in [6.45, 7) is 2.39. The molecule has 0 bridgehead atoms. The monoisotopic (exact) mass is 315 g/mol. The molecule has 1 rings (SSSR count). The van der Waals surface area contributed by atoms with E-state index in [-0.39, 0.29) is 23.4 Å². The van der Waals surface area contributed by atoms with Gasteiger partial charge in [-0.3, -0.25) is 9.59 Å². The predicted octanol–water partition coefficient (Wildman–Crippen LogP) is 1.51. The lowest BCUT2D eigenvalue weighted by molar-refractivity contribution is -0.123. The molecular weight excluding hydrogens is 297 g/mol. The van der Waals surface area contributed by atoms with Gasteiger partial charge in [-0.2, -0.15) is 0 Å². The highest BCUT2D eigenvalue weighted by atomic mass is 35.5. The molecule has 0 fully saturated rings. The number of rotatable bonds is 6. The molecule has 0 unspecified atom stereocenters. The van der Waals surface area contributed by atoms with E-state index in [0.29, 0.717) is 18.8 Å². The molecule has 0 saturated carbocycles. The normalized spacial score (nSPS) is 10.6. The Balaban J connectivity index is 2.71. The van der Waals surface area contributed by atoms with E-state index < -0.39 is 5.82 Å². The quantitative estimate of drug-likeness (QED) is 0.866. The van der Waals surface area contributed by atoms with Gasteiger partial charge >= 0.3 is 0 Å². The zero-order chi connectivity index (χ0) is 16.0. The fraction of sp³-hybridized carbons (Fsp3) is 0.429. The van der Waals surface area contributed by atoms with Crippen LogP contribution in [0, 0.1) is 5.82 Å². The van der Waals surface area contributed by atoms with Crippen LogP contribution >= 0.6 is 11.6 Å². The Morgan fingerprint density at radius 1 is 1.33 bits per heavy atom. The van der Waals surface area contributed by atoms with Crippen LogP contribution in [0.2, 0.25) is 5.02 Å². The van der Waals surface area contributed by atoms with Crippen LogP contribution in [0.4, 0.5) is 10.1 Å². The molecule has 2 amide bonds. The minimum atomic E-state index is -0.570. The number of nitrogens with zero attached hydrogens (tertiary/aromatic N) is 2. The Morgan fingerprint density at radius 2 is 2.00 bits per heavy atom. The maximum absolute atomic E-state index is 13.1. The maximum atomic E-state index is 13.1. The molecule has 1 N–H and O–H groups in total. The summed E-state index contributed by atoms with van der Waals surface area (Å²) in [4.78, 5) is 26.7. The van der Waals surface area contributed by atoms with Gasteiger partial charge in [0.15, 0.2) is 0 Å². The van der Waals surface area contributed by atoms with Crippen LogP contribution in [0.5, 0.6) is 0 Å². The summed E-state index contributed by atoms with van der Waals surface area (Å²) >= 11 is 5.70. The van der Waals surface area contributed by atoms with E-state index in [0.717, 1.165) is 6.07 Å². The molecule has 0 aliphatic carbocycles. The van der Waals surface area contributed by atoms with Crippen LogP contribution < -0.4 is 10.2 Å². The van der Waals surface area contributed by atoms with Gasteiger partial charge in [-0.15, -0.1) is 0 Å². The zero-order valence-electron chi connectivity index (χ0n) is 12.3. The Labute approximate surface area is 128 Å². The van der Waals surface area contributed by atoms with Crippen molar-refractivity contribution in [1.29, 1.82) is 0 Å². The molecule has 0 radical (unpaired) electrons. The summed E-state index contributed by atoms with van der Waals surface area (Å²) in [5, 5.41) is 2.62. The van der Waals surface area contributed by atoms with Gasteiger partial charge in [0.1, 0.15) is 12.4 Å². The number of likely N-dealkylation sites (N-methyl/N-ethyl adjacent to an activating group) is 1. The second kappa shape index (κ2) is 7.95. The van der Waals surface area contributed by atoms with E-state index in [4.69, 9.17) is 11.6 Å². The average Bonchev–Trinajstić information content (AvgIpc) is 2.38. The number of carbonyl (C=O) groups excluding carboxylic acids is 2. The number of halogens is 2. The minimum Gasteiger partial charge on any atom is -0.353 e. The average molecular weight is 316 g/mol. The van der Waals surface area contributed by atoms with E-state index in [1.807, 2.05) is 19.0 Å². The van der Waals surface area contributed by atoms with Crippen molar-refractivity contribution in [2.75, 3.05) is 38.6 Å². The lowest BCUT2D eigenvalue weighted by atomic mass is 10.2. The number of hydrogen-bond donors (Lipinski definition) is 1. The van der Waals surface area contributed by atoms with Crippen molar-refractivity contribution >= 4 is 29.1 Å². The number of amides is 2. The molecule has 1 aromatic rings. The molecule has 5 nitrogen and oxygen atoms in total. The van der Waals surface area contributed by atoms with Crippen LogP contribution in [0.1, 0.15) is 6.92 Å². The zero-order valence-corrected chi connectivity index (χ0v) is 13.1. The number of hydrogen-bond acceptors (Lipinski definition) is 3. The fourth-order valence-electron chi connectivity index (χ4n) is 1.66. The molecule has 0 spiro atoms. The van der Waals surface area contributed by atoms with Gasteiger partial charge < -0.3 is 15.1 Å². The van der Waals surface area contributed by atoms with Crippen molar-refractivity contribution < 1.29 is 14.0 Å². The van der Waals surface area contributed by atoms with Crippen LogP contribution in [-0.2, 0) is 9.59 Å². The van der Waals surface area contributed by atoms with Gasteiger partial charge in [0.05, 0.1) is 5.02 Å². The van der Waals surface area contributed by atoms with Gasteiger partial charge in [-0.1, -0.05) is 11.6 Å². The van der Waals surface area contributed by atoms with E-state index in [2.05, 4.69) is 5.32 Å². The van der Waals surface area contributed by atoms with Crippen molar-refractivity contribution in [3.05, 3.63) is 29.0 Å². The lowest BCUT2D eigenvalue weighted by Crippen LogP contribution is -2.41. The highest BCUT2D eigenvalue weighted by Crippen LogP contribution is 2.22. The van der Waals surface area contributed by atoms with Gasteiger partial charge in [-0.25, -0.2) is 4.39 Å². The van der Waals surface area contributed by atoms with Crippen molar-refractivity contribution in [2.24, 2.45) is 0 Å². The van der Waals surface area contributed by atoms with E-state index in [1.165, 1.54) is 24.0 Å². The third-order valence-corrected chi connectivity index (χ3v) is 3.07. The molecule has 1 aromatic carbocycles. The molecule has 21 heavy (non-hydrogen) atoms. The first-order valence-electron chi connectivity index (χ1n) is 6.46. The van der Waals surface area contributed by atoms with Crippen LogP contribution in [-0.4, -0.2) is 50.4 Å². The van der Waals surface area contributed by atoms with Gasteiger partial charge in [0.2, 0.25) is 11.8 Å². The van der Waals surface area contributed by atoms with Crippen molar-refractivity contribution in [1.82, 2.24) is 10.2 Å². The molecule has 7 heteroatoms. The third kappa shape index (κ3) is 5.69. The molecule has 116 valence electrons. The van der Waals surface area contributed by atoms with Crippen molar-refractivity contribution in [2.45, 2.75) is 6.92 Å². The molecule has 0 atom stereocenters. The second-order valence-corrected chi connectivity index (χ2v) is 5.26. The predicted molar refractivity (Wildman–Crippen MR) is 81.0 cm³/mol. The first-order valence-corrected chi connectivity index (χ1v) is 6.83. The van der Waals surface area contributed by atoms with Gasteiger partial charge in [0, 0.05) is 25.7 Å². The summed E-state index contributed by atoms with van der Waals surface area (Å²) in [7, 11) is 3.79. The molecule has 0 heterocycles. The van der Waals surface area contributed by atoms with Crippen molar-refractivity contribution in [3.8, 4) is 0 Å². The smallest absolute Gasteiger partial charge is 0.240 e. The summed E-state index contributed by atoms with van der Waals surface area (Å²) < 4.78 is 13.1. The lowest BCUT2D eigenvalue weighted by Gasteiger charge is -2.21. The Hall–Kier alpha value is -1.66. The molecular formula is C14H19ClFN3O2. The van der Waals surface area contributed by atoms with E-state index >= 15 is 0 Å². The van der Waals surface area contributed by atoms with E-state index in [9.17, 15) is 14.0 Å². The Morgan fingerprint density at radius 3 is 2.52 bits per heavy atom. The second-order valence-electron chi connectivity index (χ2n) is 4.86. The topological polar surface area (TPSA) is 52.7 Å². The minimum absolute atomic E-state index is 0.0910. The van der Waals surface area contributed by atoms with E-state index in [1.54, 1.807) is 0 Å². The highest BCUT2D eigenvalue weighted by molar-refractivity contribution is 6.31. The number of benzene rings is 1. The first-order chi connectivity index (χ1) is 9.81. The summed E-state index contributed by atoms with van der Waals surface area (Å²) in [5.74, 6) is -1.17. The Bertz CT molecular complexity index is 523. The summed E-state index contributed by atoms with van der Waals surface area (Å²) in [6, 6.07) is 3.90. The number of carbonyl (C=O) groups is 2. The summed E-state index contributed by atoms with van der Waals surface area (Å²) in [5.41, 5.74) is 0.386. The molecule has 0 saturated heterocycles. The first kappa shape index (κ1) is 17.4. The molecule has 0 aliphatic rings. The van der Waals surface area contributed by atoms with Gasteiger partial charge in [-0.05, 0) is 32.3 Å². The number of anilines is 1. The standard InChI is InChI=1S/C14H19ClFN3O2/c1-10(20)19(9-14(21)17-6-7-18(2)3)11-4-5-13(16)12(15)8-11/h4-5,8H,6-7,9H2,1-3H3,(H,17,21). The van der Waals surface area contributed by atoms with Crippen LogP contribution in [0.15, 0.2) is 18.2 Å². The SMILES string of the molecule is CC(=O)N(CC(=O)NCCN(C)C)c1ccc(F)c(Cl)c1. The highest BCUT2D eigenvalue weighted by Gasteiger charge is 2.16. The number of nitrogens with one attached hydrogen (secondary N) is 1. The molecule has 0 aliphatic heterocycles. The van der Waals surface area contributed by atoms with Crippen LogP contribution in [0.25, 0.3) is 0 Å². The molecule has 0 aromatic heterocycles. The Kier molecular flexibility index (Phi) is 6.58. The summed E-state index contributed by atoms with van der Waals surface area (Å²) in [6.07, 6.45) is 0. The van der Waals surface area contributed by atoms with Gasteiger partial charge in [0.25, 0.3) is 0 Å². The fourth-order valence-corrected chi connectivity index (χ4v) is 1.83. The van der Waals surface area contributed by atoms with Crippen molar-refractivity contribution in [3.63, 3.8) is 0 Å². The van der Waals surface area contributed by atoms with Crippen LogP contribution in [0.3, 0.4) is 0 Å². The largest absolute Gasteiger partial charge is 0.353 e.